The quantitative estimate of drug-likeness (QED) is 0.356. The normalized spacial score (nSPS) is 19.4. The fraction of sp³-hybridized carbons (Fsp3) is 0.231. The molecule has 0 unspecified atom stereocenters. The molecule has 1 amide bonds. The van der Waals surface area contributed by atoms with Crippen LogP contribution in [-0.2, 0) is 14.3 Å². The zero-order valence-electron chi connectivity index (χ0n) is 20.1. The molecule has 0 radical (unpaired) electrons. The first-order valence-corrected chi connectivity index (χ1v) is 11.5. The van der Waals surface area contributed by atoms with Gasteiger partial charge in [0.15, 0.2) is 5.82 Å². The minimum absolute atomic E-state index is 0.137. The highest BCUT2D eigenvalue weighted by Gasteiger charge is 2.40. The van der Waals surface area contributed by atoms with Gasteiger partial charge >= 0.3 is 0 Å². The molecule has 1 aliphatic rings. The van der Waals surface area contributed by atoms with Crippen molar-refractivity contribution in [3.05, 3.63) is 78.3 Å². The van der Waals surface area contributed by atoms with Crippen molar-refractivity contribution in [2.45, 2.75) is 13.2 Å². The molecule has 2 aromatic carbocycles. The van der Waals surface area contributed by atoms with E-state index in [0.717, 1.165) is 0 Å². The first-order chi connectivity index (χ1) is 17.8. The molecule has 9 nitrogen and oxygen atoms in total. The van der Waals surface area contributed by atoms with Crippen LogP contribution < -0.4 is 10.6 Å². The van der Waals surface area contributed by atoms with Crippen molar-refractivity contribution in [1.82, 2.24) is 25.3 Å². The molecule has 3 heterocycles. The van der Waals surface area contributed by atoms with Crippen molar-refractivity contribution in [2.24, 2.45) is 5.41 Å². The van der Waals surface area contributed by atoms with Crippen molar-refractivity contribution in [3.8, 4) is 22.6 Å². The Morgan fingerprint density at radius 3 is 2.30 bits per heavy atom. The van der Waals surface area contributed by atoms with E-state index in [4.69, 9.17) is 14.5 Å². The number of halogens is 2. The van der Waals surface area contributed by atoms with Crippen LogP contribution in [0.3, 0.4) is 0 Å². The second-order valence-corrected chi connectivity index (χ2v) is 8.84. The van der Waals surface area contributed by atoms with E-state index in [1.807, 2.05) is 0 Å². The summed E-state index contributed by atoms with van der Waals surface area (Å²) in [4.78, 5) is 29.0. The fourth-order valence-electron chi connectivity index (χ4n) is 3.93. The van der Waals surface area contributed by atoms with Crippen LogP contribution in [0, 0.1) is 17.0 Å². The molecule has 1 saturated heterocycles. The fourth-order valence-corrected chi connectivity index (χ4v) is 3.93. The lowest BCUT2D eigenvalue weighted by Gasteiger charge is -2.34. The van der Waals surface area contributed by atoms with Gasteiger partial charge in [-0.05, 0) is 61.5 Å². The predicted molar refractivity (Wildman–Crippen MR) is 132 cm³/mol. The summed E-state index contributed by atoms with van der Waals surface area (Å²) >= 11 is 0. The molecular formula is C26H24F2N6O3. The van der Waals surface area contributed by atoms with E-state index in [2.05, 4.69) is 25.6 Å². The maximum absolute atomic E-state index is 13.6. The number of aromatic nitrogens is 4. The minimum atomic E-state index is -0.843. The maximum Gasteiger partial charge on any atom is 0.230 e. The molecule has 11 heteroatoms. The standard InChI is InChI=1S/C26H24F2N6O3/c1-26(24(35)29-2)13-36-23(37-14-26)22-33-20(15-3-5-16(27)6-4-15)21(34-22)19-11-12-30-25(32-19)31-18-9-7-17(28)8-10-18/h3-12,23H,13-14H2,1-2H3,(H,29,35)(H,33,34)(H,30,31,32). The van der Waals surface area contributed by atoms with Gasteiger partial charge in [0, 0.05) is 24.5 Å². The SMILES string of the molecule is CNC(=O)C1(C)COC(c2nc(-c3ccc(F)cc3)c(-c3ccnc(Nc4ccc(F)cc4)n3)[nH]2)OC1. The van der Waals surface area contributed by atoms with Gasteiger partial charge in [-0.3, -0.25) is 4.79 Å². The zero-order chi connectivity index (χ0) is 26.0. The van der Waals surface area contributed by atoms with Gasteiger partial charge < -0.3 is 25.1 Å². The molecule has 0 aliphatic carbocycles. The Morgan fingerprint density at radius 1 is 1.00 bits per heavy atom. The lowest BCUT2D eigenvalue weighted by molar-refractivity contribution is -0.230. The molecule has 37 heavy (non-hydrogen) atoms. The van der Waals surface area contributed by atoms with Gasteiger partial charge in [0.1, 0.15) is 11.6 Å². The van der Waals surface area contributed by atoms with E-state index >= 15 is 0 Å². The number of rotatable bonds is 6. The minimum Gasteiger partial charge on any atom is -0.359 e. The summed E-state index contributed by atoms with van der Waals surface area (Å²) in [6, 6.07) is 13.4. The average molecular weight is 507 g/mol. The second-order valence-electron chi connectivity index (χ2n) is 8.84. The van der Waals surface area contributed by atoms with Crippen LogP contribution in [0.25, 0.3) is 22.6 Å². The molecule has 0 spiro atoms. The second kappa shape index (κ2) is 10.0. The summed E-state index contributed by atoms with van der Waals surface area (Å²) in [5, 5.41) is 5.67. The monoisotopic (exact) mass is 506 g/mol. The van der Waals surface area contributed by atoms with E-state index < -0.39 is 11.7 Å². The number of hydrogen-bond acceptors (Lipinski definition) is 7. The average Bonchev–Trinajstić information content (AvgIpc) is 3.36. The van der Waals surface area contributed by atoms with Crippen molar-refractivity contribution in [3.63, 3.8) is 0 Å². The van der Waals surface area contributed by atoms with E-state index in [1.165, 1.54) is 24.3 Å². The molecule has 0 atom stereocenters. The number of ether oxygens (including phenoxy) is 2. The van der Waals surface area contributed by atoms with Crippen LogP contribution >= 0.6 is 0 Å². The summed E-state index contributed by atoms with van der Waals surface area (Å²) in [6.45, 7) is 2.03. The van der Waals surface area contributed by atoms with Crippen LogP contribution in [0.15, 0.2) is 60.8 Å². The summed E-state index contributed by atoms with van der Waals surface area (Å²) in [7, 11) is 1.56. The third-order valence-electron chi connectivity index (χ3n) is 5.96. The number of aromatic amines is 1. The lowest BCUT2D eigenvalue weighted by Crippen LogP contribution is -2.47. The molecule has 1 fully saturated rings. The Balaban J connectivity index is 1.48. The van der Waals surface area contributed by atoms with Gasteiger partial charge in [-0.25, -0.2) is 23.7 Å². The molecule has 0 saturated carbocycles. The van der Waals surface area contributed by atoms with E-state index in [0.29, 0.717) is 34.2 Å². The predicted octanol–water partition coefficient (Wildman–Crippen LogP) is 4.35. The molecular weight excluding hydrogens is 482 g/mol. The third-order valence-corrected chi connectivity index (χ3v) is 5.96. The number of hydrogen-bond donors (Lipinski definition) is 3. The van der Waals surface area contributed by atoms with Crippen LogP contribution in [0.2, 0.25) is 0 Å². The summed E-state index contributed by atoms with van der Waals surface area (Å²) < 4.78 is 38.6. The van der Waals surface area contributed by atoms with E-state index in [1.54, 1.807) is 50.5 Å². The Morgan fingerprint density at radius 2 is 1.65 bits per heavy atom. The van der Waals surface area contributed by atoms with Crippen molar-refractivity contribution >= 4 is 17.5 Å². The topological polar surface area (TPSA) is 114 Å². The largest absolute Gasteiger partial charge is 0.359 e. The molecule has 4 aromatic rings. The number of nitrogens with zero attached hydrogens (tertiary/aromatic N) is 3. The highest BCUT2D eigenvalue weighted by Crippen LogP contribution is 2.35. The smallest absolute Gasteiger partial charge is 0.230 e. The number of amides is 1. The number of H-pyrrole nitrogens is 1. The highest BCUT2D eigenvalue weighted by molar-refractivity contribution is 5.82. The highest BCUT2D eigenvalue weighted by atomic mass is 19.1. The van der Waals surface area contributed by atoms with Crippen LogP contribution in [0.5, 0.6) is 0 Å². The first-order valence-electron chi connectivity index (χ1n) is 11.5. The van der Waals surface area contributed by atoms with Gasteiger partial charge in [0.2, 0.25) is 18.1 Å². The van der Waals surface area contributed by atoms with Crippen LogP contribution in [-0.4, -0.2) is 46.1 Å². The number of anilines is 2. The van der Waals surface area contributed by atoms with E-state index in [9.17, 15) is 13.6 Å². The van der Waals surface area contributed by atoms with Crippen molar-refractivity contribution in [1.29, 1.82) is 0 Å². The molecule has 5 rings (SSSR count). The maximum atomic E-state index is 13.6. The Kier molecular flexibility index (Phi) is 6.64. The number of imidazole rings is 1. The molecule has 2 aromatic heterocycles. The zero-order valence-corrected chi connectivity index (χ0v) is 20.1. The summed E-state index contributed by atoms with van der Waals surface area (Å²) in [5.41, 5.74) is 1.99. The van der Waals surface area contributed by atoms with Crippen molar-refractivity contribution in [2.75, 3.05) is 25.6 Å². The molecule has 190 valence electrons. The van der Waals surface area contributed by atoms with Gasteiger partial charge in [-0.2, -0.15) is 0 Å². The van der Waals surface area contributed by atoms with Gasteiger partial charge in [0.05, 0.1) is 35.7 Å². The van der Waals surface area contributed by atoms with Crippen LogP contribution in [0.4, 0.5) is 20.4 Å². The summed E-state index contributed by atoms with van der Waals surface area (Å²) in [6.07, 6.45) is 0.732. The van der Waals surface area contributed by atoms with Gasteiger partial charge in [0.25, 0.3) is 0 Å². The lowest BCUT2D eigenvalue weighted by atomic mass is 9.91. The first kappa shape index (κ1) is 24.5. The Bertz CT molecular complexity index is 1400. The number of carbonyl (C=O) groups excluding carboxylic acids is 1. The van der Waals surface area contributed by atoms with E-state index in [-0.39, 0.29) is 36.7 Å². The van der Waals surface area contributed by atoms with Gasteiger partial charge in [-0.15, -0.1) is 0 Å². The third kappa shape index (κ3) is 5.18. The van der Waals surface area contributed by atoms with Crippen molar-refractivity contribution < 1.29 is 23.0 Å². The summed E-state index contributed by atoms with van der Waals surface area (Å²) in [5.74, 6) is -0.240. The molecule has 0 bridgehead atoms. The number of nitrogens with one attached hydrogen (secondary N) is 3. The Labute approximate surface area is 211 Å². The molecule has 1 aliphatic heterocycles. The number of benzene rings is 2. The number of carbonyl (C=O) groups is 1. The van der Waals surface area contributed by atoms with Crippen LogP contribution in [0.1, 0.15) is 19.0 Å². The molecule has 3 N–H and O–H groups in total. The Hall–Kier alpha value is -4.22. The van der Waals surface area contributed by atoms with Gasteiger partial charge in [-0.1, -0.05) is 0 Å².